The highest BCUT2D eigenvalue weighted by Crippen LogP contribution is 2.34. The Morgan fingerprint density at radius 3 is 1.53 bits per heavy atom. The molecule has 17 heavy (non-hydrogen) atoms. The second-order valence-electron chi connectivity index (χ2n) is 3.98. The van der Waals surface area contributed by atoms with Crippen molar-refractivity contribution in [3.05, 3.63) is 22.8 Å². The van der Waals surface area contributed by atoms with Gasteiger partial charge in [-0.1, -0.05) is 0 Å². The van der Waals surface area contributed by atoms with Crippen molar-refractivity contribution in [1.29, 1.82) is 0 Å². The zero-order valence-corrected chi connectivity index (χ0v) is 10.7. The van der Waals surface area contributed by atoms with E-state index in [0.29, 0.717) is 17.1 Å². The van der Waals surface area contributed by atoms with Gasteiger partial charge >= 0.3 is 11.9 Å². The molecule has 4 heteroatoms. The first-order valence-corrected chi connectivity index (χ1v) is 5.30. The number of ether oxygens (including phenoxy) is 2. The van der Waals surface area contributed by atoms with Crippen LogP contribution in [0.1, 0.15) is 30.5 Å². The minimum atomic E-state index is -0.395. The first kappa shape index (κ1) is 13.2. The SMILES string of the molecule is CC(=O)Oc1c(C)cc(C)c(OC(C)=O)c1C. The summed E-state index contributed by atoms with van der Waals surface area (Å²) >= 11 is 0. The Labute approximate surface area is 101 Å². The lowest BCUT2D eigenvalue weighted by Gasteiger charge is -2.15. The normalized spacial score (nSPS) is 9.94. The van der Waals surface area contributed by atoms with Gasteiger partial charge in [0.1, 0.15) is 11.5 Å². The summed E-state index contributed by atoms with van der Waals surface area (Å²) in [6, 6.07) is 1.82. The third-order valence-electron chi connectivity index (χ3n) is 2.32. The first-order valence-electron chi connectivity index (χ1n) is 5.30. The number of benzene rings is 1. The van der Waals surface area contributed by atoms with Crippen molar-refractivity contribution < 1.29 is 19.1 Å². The van der Waals surface area contributed by atoms with E-state index in [1.54, 1.807) is 6.92 Å². The standard InChI is InChI=1S/C13H16O4/c1-7-6-8(2)13(17-11(5)15)9(3)12(7)16-10(4)14/h6H,1-5H3. The Bertz CT molecular complexity index is 435. The van der Waals surface area contributed by atoms with Gasteiger partial charge in [-0.15, -0.1) is 0 Å². The number of hydrogen-bond acceptors (Lipinski definition) is 4. The van der Waals surface area contributed by atoms with Crippen molar-refractivity contribution in [2.24, 2.45) is 0 Å². The van der Waals surface area contributed by atoms with Gasteiger partial charge < -0.3 is 9.47 Å². The van der Waals surface area contributed by atoms with Crippen molar-refractivity contribution >= 4 is 11.9 Å². The highest BCUT2D eigenvalue weighted by atomic mass is 16.5. The number of carbonyl (C=O) groups excluding carboxylic acids is 2. The summed E-state index contributed by atoms with van der Waals surface area (Å²) in [7, 11) is 0. The van der Waals surface area contributed by atoms with Crippen LogP contribution in [0.2, 0.25) is 0 Å². The first-order chi connectivity index (χ1) is 7.82. The van der Waals surface area contributed by atoms with Crippen LogP contribution in [-0.4, -0.2) is 11.9 Å². The van der Waals surface area contributed by atoms with Crippen molar-refractivity contribution in [3.8, 4) is 11.5 Å². The lowest BCUT2D eigenvalue weighted by Crippen LogP contribution is -2.09. The minimum absolute atomic E-state index is 0.395. The lowest BCUT2D eigenvalue weighted by molar-refractivity contribution is -0.132. The van der Waals surface area contributed by atoms with Gasteiger partial charge in [-0.05, 0) is 38.0 Å². The van der Waals surface area contributed by atoms with Crippen LogP contribution in [0.15, 0.2) is 6.07 Å². The van der Waals surface area contributed by atoms with Crippen LogP contribution < -0.4 is 9.47 Å². The quantitative estimate of drug-likeness (QED) is 0.584. The largest absolute Gasteiger partial charge is 0.426 e. The van der Waals surface area contributed by atoms with Crippen LogP contribution in [0.3, 0.4) is 0 Å². The summed E-state index contributed by atoms with van der Waals surface area (Å²) in [5, 5.41) is 0. The van der Waals surface area contributed by atoms with Crippen LogP contribution >= 0.6 is 0 Å². The fourth-order valence-electron chi connectivity index (χ4n) is 1.75. The molecule has 0 bridgehead atoms. The van der Waals surface area contributed by atoms with Gasteiger partial charge in [-0.2, -0.15) is 0 Å². The molecule has 0 aromatic heterocycles. The highest BCUT2D eigenvalue weighted by molar-refractivity contribution is 5.74. The topological polar surface area (TPSA) is 52.6 Å². The molecule has 0 fully saturated rings. The molecule has 0 aliphatic carbocycles. The Morgan fingerprint density at radius 2 is 1.24 bits per heavy atom. The van der Waals surface area contributed by atoms with Crippen LogP contribution in [0.25, 0.3) is 0 Å². The summed E-state index contributed by atoms with van der Waals surface area (Å²) in [6.45, 7) is 8.12. The second-order valence-corrected chi connectivity index (χ2v) is 3.98. The Hall–Kier alpha value is -1.84. The maximum atomic E-state index is 11.0. The molecular weight excluding hydrogens is 220 g/mol. The van der Waals surface area contributed by atoms with E-state index in [-0.39, 0.29) is 0 Å². The van der Waals surface area contributed by atoms with Crippen molar-refractivity contribution in [3.63, 3.8) is 0 Å². The molecule has 0 heterocycles. The summed E-state index contributed by atoms with van der Waals surface area (Å²) < 4.78 is 10.2. The van der Waals surface area contributed by atoms with E-state index >= 15 is 0 Å². The van der Waals surface area contributed by atoms with Gasteiger partial charge in [-0.3, -0.25) is 9.59 Å². The molecule has 0 N–H and O–H groups in total. The van der Waals surface area contributed by atoms with E-state index in [1.807, 2.05) is 19.9 Å². The summed E-state index contributed by atoms with van der Waals surface area (Å²) in [5.41, 5.74) is 2.34. The lowest BCUT2D eigenvalue weighted by atomic mass is 10.0. The van der Waals surface area contributed by atoms with E-state index in [0.717, 1.165) is 11.1 Å². The molecular formula is C13H16O4. The molecule has 0 amide bonds. The van der Waals surface area contributed by atoms with Crippen molar-refractivity contribution in [2.45, 2.75) is 34.6 Å². The number of hydrogen-bond donors (Lipinski definition) is 0. The molecule has 0 unspecified atom stereocenters. The molecule has 0 saturated heterocycles. The van der Waals surface area contributed by atoms with Crippen molar-refractivity contribution in [1.82, 2.24) is 0 Å². The number of esters is 2. The number of aryl methyl sites for hydroxylation is 2. The van der Waals surface area contributed by atoms with Crippen LogP contribution in [0, 0.1) is 20.8 Å². The Morgan fingerprint density at radius 1 is 0.882 bits per heavy atom. The molecule has 4 nitrogen and oxygen atoms in total. The summed E-state index contributed by atoms with van der Waals surface area (Å²) in [4.78, 5) is 22.0. The van der Waals surface area contributed by atoms with Gasteiger partial charge in [0, 0.05) is 19.4 Å². The molecule has 0 aliphatic rings. The smallest absolute Gasteiger partial charge is 0.308 e. The second kappa shape index (κ2) is 4.99. The maximum Gasteiger partial charge on any atom is 0.308 e. The fourth-order valence-corrected chi connectivity index (χ4v) is 1.75. The number of carbonyl (C=O) groups is 2. The average molecular weight is 236 g/mol. The molecule has 1 aromatic rings. The molecule has 0 radical (unpaired) electrons. The van der Waals surface area contributed by atoms with Crippen LogP contribution in [-0.2, 0) is 9.59 Å². The molecule has 1 aromatic carbocycles. The van der Waals surface area contributed by atoms with Gasteiger partial charge in [0.15, 0.2) is 0 Å². The molecule has 0 spiro atoms. The van der Waals surface area contributed by atoms with Crippen LogP contribution in [0.5, 0.6) is 11.5 Å². The van der Waals surface area contributed by atoms with E-state index in [4.69, 9.17) is 9.47 Å². The van der Waals surface area contributed by atoms with E-state index in [1.165, 1.54) is 13.8 Å². The summed E-state index contributed by atoms with van der Waals surface area (Å²) in [6.07, 6.45) is 0. The van der Waals surface area contributed by atoms with E-state index < -0.39 is 11.9 Å². The van der Waals surface area contributed by atoms with E-state index in [9.17, 15) is 9.59 Å². The van der Waals surface area contributed by atoms with Crippen LogP contribution in [0.4, 0.5) is 0 Å². The maximum absolute atomic E-state index is 11.0. The molecule has 0 atom stereocenters. The minimum Gasteiger partial charge on any atom is -0.426 e. The third kappa shape index (κ3) is 3.06. The molecule has 0 aliphatic heterocycles. The highest BCUT2D eigenvalue weighted by Gasteiger charge is 2.16. The zero-order chi connectivity index (χ0) is 13.2. The zero-order valence-electron chi connectivity index (χ0n) is 10.7. The van der Waals surface area contributed by atoms with Gasteiger partial charge in [-0.25, -0.2) is 0 Å². The predicted octanol–water partition coefficient (Wildman–Crippen LogP) is 2.46. The molecule has 92 valence electrons. The fraction of sp³-hybridized carbons (Fsp3) is 0.385. The Kier molecular flexibility index (Phi) is 3.89. The van der Waals surface area contributed by atoms with Gasteiger partial charge in [0.2, 0.25) is 0 Å². The molecule has 0 saturated carbocycles. The third-order valence-corrected chi connectivity index (χ3v) is 2.32. The summed E-state index contributed by atoms with van der Waals surface area (Å²) in [5.74, 6) is 0.126. The van der Waals surface area contributed by atoms with Gasteiger partial charge in [0.05, 0.1) is 0 Å². The van der Waals surface area contributed by atoms with Crippen molar-refractivity contribution in [2.75, 3.05) is 0 Å². The predicted molar refractivity (Wildman–Crippen MR) is 63.3 cm³/mol. The van der Waals surface area contributed by atoms with Gasteiger partial charge in [0.25, 0.3) is 0 Å². The average Bonchev–Trinajstić information content (AvgIpc) is 2.18. The molecule has 1 rings (SSSR count). The Balaban J connectivity index is 3.31. The number of rotatable bonds is 2. The van der Waals surface area contributed by atoms with E-state index in [2.05, 4.69) is 0 Å². The monoisotopic (exact) mass is 236 g/mol.